The molecular weight excluding hydrogens is 320 g/mol. The van der Waals surface area contributed by atoms with E-state index in [0.29, 0.717) is 11.1 Å². The predicted octanol–water partition coefficient (Wildman–Crippen LogP) is 3.11. The SMILES string of the molecule is Cc1cc(Br)ccc1NC(=O)c1cccc(C(N)=O)c1. The van der Waals surface area contributed by atoms with Gasteiger partial charge in [0, 0.05) is 21.3 Å². The van der Waals surface area contributed by atoms with Crippen molar-refractivity contribution in [2.45, 2.75) is 6.92 Å². The molecule has 0 heterocycles. The van der Waals surface area contributed by atoms with Gasteiger partial charge in [-0.15, -0.1) is 0 Å². The number of hydrogen-bond acceptors (Lipinski definition) is 2. The maximum Gasteiger partial charge on any atom is 0.255 e. The van der Waals surface area contributed by atoms with Crippen LogP contribution in [0.1, 0.15) is 26.3 Å². The number of benzene rings is 2. The van der Waals surface area contributed by atoms with Crippen LogP contribution in [-0.2, 0) is 0 Å². The van der Waals surface area contributed by atoms with Crippen molar-refractivity contribution >= 4 is 33.4 Å². The van der Waals surface area contributed by atoms with E-state index in [1.165, 1.54) is 6.07 Å². The number of nitrogens with two attached hydrogens (primary N) is 1. The fourth-order valence-electron chi connectivity index (χ4n) is 1.78. The minimum Gasteiger partial charge on any atom is -0.366 e. The molecule has 0 aliphatic rings. The molecule has 20 heavy (non-hydrogen) atoms. The van der Waals surface area contributed by atoms with Crippen molar-refractivity contribution in [3.63, 3.8) is 0 Å². The van der Waals surface area contributed by atoms with E-state index in [1.54, 1.807) is 18.2 Å². The molecule has 0 aliphatic carbocycles. The van der Waals surface area contributed by atoms with Crippen LogP contribution in [0.5, 0.6) is 0 Å². The highest BCUT2D eigenvalue weighted by atomic mass is 79.9. The summed E-state index contributed by atoms with van der Waals surface area (Å²) in [5.41, 5.74) is 7.57. The molecule has 0 aromatic heterocycles. The van der Waals surface area contributed by atoms with Gasteiger partial charge in [-0.3, -0.25) is 9.59 Å². The molecule has 0 bridgehead atoms. The number of hydrogen-bond donors (Lipinski definition) is 2. The van der Waals surface area contributed by atoms with Crippen molar-refractivity contribution in [1.29, 1.82) is 0 Å². The molecule has 0 saturated heterocycles. The molecule has 2 rings (SSSR count). The summed E-state index contributed by atoms with van der Waals surface area (Å²) in [4.78, 5) is 23.3. The lowest BCUT2D eigenvalue weighted by molar-refractivity contribution is 0.1000. The van der Waals surface area contributed by atoms with Gasteiger partial charge in [0.05, 0.1) is 0 Å². The molecule has 102 valence electrons. The zero-order chi connectivity index (χ0) is 14.7. The van der Waals surface area contributed by atoms with E-state index < -0.39 is 5.91 Å². The summed E-state index contributed by atoms with van der Waals surface area (Å²) < 4.78 is 0.948. The molecule has 0 fully saturated rings. The van der Waals surface area contributed by atoms with Crippen LogP contribution in [0.25, 0.3) is 0 Å². The maximum absolute atomic E-state index is 12.2. The minimum absolute atomic E-state index is 0.279. The molecule has 5 heteroatoms. The highest BCUT2D eigenvalue weighted by Gasteiger charge is 2.10. The summed E-state index contributed by atoms with van der Waals surface area (Å²) in [6, 6.07) is 11.9. The van der Waals surface area contributed by atoms with Gasteiger partial charge in [0.2, 0.25) is 5.91 Å². The van der Waals surface area contributed by atoms with E-state index >= 15 is 0 Å². The Morgan fingerprint density at radius 2 is 1.80 bits per heavy atom. The van der Waals surface area contributed by atoms with E-state index in [2.05, 4.69) is 21.2 Å². The van der Waals surface area contributed by atoms with Gasteiger partial charge in [-0.1, -0.05) is 22.0 Å². The lowest BCUT2D eigenvalue weighted by atomic mass is 10.1. The van der Waals surface area contributed by atoms with Gasteiger partial charge < -0.3 is 11.1 Å². The normalized spacial score (nSPS) is 10.1. The lowest BCUT2D eigenvalue weighted by Crippen LogP contribution is -2.15. The van der Waals surface area contributed by atoms with E-state index in [1.807, 2.05) is 25.1 Å². The molecule has 0 spiro atoms. The first kappa shape index (κ1) is 14.3. The van der Waals surface area contributed by atoms with Crippen LogP contribution >= 0.6 is 15.9 Å². The number of anilines is 1. The number of amides is 2. The van der Waals surface area contributed by atoms with Crippen molar-refractivity contribution in [3.8, 4) is 0 Å². The number of carbonyl (C=O) groups excluding carboxylic acids is 2. The first-order chi connectivity index (χ1) is 9.47. The first-order valence-electron chi connectivity index (χ1n) is 5.95. The Morgan fingerprint density at radius 1 is 1.10 bits per heavy atom. The van der Waals surface area contributed by atoms with Crippen LogP contribution < -0.4 is 11.1 Å². The van der Waals surface area contributed by atoms with Crippen molar-refractivity contribution < 1.29 is 9.59 Å². The van der Waals surface area contributed by atoms with E-state index in [9.17, 15) is 9.59 Å². The fraction of sp³-hybridized carbons (Fsp3) is 0.0667. The average molecular weight is 333 g/mol. The zero-order valence-corrected chi connectivity index (χ0v) is 12.4. The average Bonchev–Trinajstić information content (AvgIpc) is 2.42. The van der Waals surface area contributed by atoms with Crippen LogP contribution in [0.3, 0.4) is 0 Å². The fourth-order valence-corrected chi connectivity index (χ4v) is 2.25. The second-order valence-electron chi connectivity index (χ2n) is 4.36. The Kier molecular flexibility index (Phi) is 4.20. The molecule has 0 unspecified atom stereocenters. The lowest BCUT2D eigenvalue weighted by Gasteiger charge is -2.09. The van der Waals surface area contributed by atoms with Crippen molar-refractivity contribution in [2.24, 2.45) is 5.73 Å². The van der Waals surface area contributed by atoms with Crippen LogP contribution in [0, 0.1) is 6.92 Å². The maximum atomic E-state index is 12.2. The standard InChI is InChI=1S/C15H13BrN2O2/c1-9-7-12(16)5-6-13(9)18-15(20)11-4-2-3-10(8-11)14(17)19/h2-8H,1H3,(H2,17,19)(H,18,20). The third-order valence-electron chi connectivity index (χ3n) is 2.85. The summed E-state index contributed by atoms with van der Waals surface area (Å²) in [6.45, 7) is 1.90. The van der Waals surface area contributed by atoms with Gasteiger partial charge in [-0.2, -0.15) is 0 Å². The highest BCUT2D eigenvalue weighted by molar-refractivity contribution is 9.10. The van der Waals surface area contributed by atoms with Gasteiger partial charge in [0.25, 0.3) is 5.91 Å². The molecule has 0 aliphatic heterocycles. The Bertz CT molecular complexity index is 683. The van der Waals surface area contributed by atoms with Crippen LogP contribution in [0.15, 0.2) is 46.9 Å². The molecule has 2 aromatic carbocycles. The summed E-state index contributed by atoms with van der Waals surface area (Å²) >= 11 is 3.37. The number of aryl methyl sites for hydroxylation is 1. The predicted molar refractivity (Wildman–Crippen MR) is 81.8 cm³/mol. The third kappa shape index (κ3) is 3.24. The molecule has 2 amide bonds. The Balaban J connectivity index is 2.24. The summed E-state index contributed by atoms with van der Waals surface area (Å²) in [5.74, 6) is -0.835. The summed E-state index contributed by atoms with van der Waals surface area (Å²) in [6.07, 6.45) is 0. The van der Waals surface area contributed by atoms with Gasteiger partial charge in [0.1, 0.15) is 0 Å². The number of carbonyl (C=O) groups is 2. The Hall–Kier alpha value is -2.14. The van der Waals surface area contributed by atoms with E-state index in [0.717, 1.165) is 15.7 Å². The largest absolute Gasteiger partial charge is 0.366 e. The number of nitrogens with one attached hydrogen (secondary N) is 1. The van der Waals surface area contributed by atoms with Gasteiger partial charge in [0.15, 0.2) is 0 Å². The van der Waals surface area contributed by atoms with E-state index in [4.69, 9.17) is 5.73 Å². The minimum atomic E-state index is -0.556. The van der Waals surface area contributed by atoms with Crippen molar-refractivity contribution in [3.05, 3.63) is 63.6 Å². The van der Waals surface area contributed by atoms with Gasteiger partial charge in [-0.25, -0.2) is 0 Å². The number of halogens is 1. The third-order valence-corrected chi connectivity index (χ3v) is 3.34. The summed E-state index contributed by atoms with van der Waals surface area (Å²) in [7, 11) is 0. The molecule has 0 atom stereocenters. The topological polar surface area (TPSA) is 72.2 Å². The highest BCUT2D eigenvalue weighted by Crippen LogP contribution is 2.20. The summed E-state index contributed by atoms with van der Waals surface area (Å²) in [5, 5.41) is 2.81. The van der Waals surface area contributed by atoms with Gasteiger partial charge in [-0.05, 0) is 48.9 Å². The quantitative estimate of drug-likeness (QED) is 0.906. The van der Waals surface area contributed by atoms with Crippen LogP contribution in [0.4, 0.5) is 5.69 Å². The van der Waals surface area contributed by atoms with Gasteiger partial charge >= 0.3 is 0 Å². The molecule has 2 aromatic rings. The second-order valence-corrected chi connectivity index (χ2v) is 5.27. The smallest absolute Gasteiger partial charge is 0.255 e. The zero-order valence-electron chi connectivity index (χ0n) is 10.8. The van der Waals surface area contributed by atoms with Crippen LogP contribution in [-0.4, -0.2) is 11.8 Å². The van der Waals surface area contributed by atoms with Crippen LogP contribution in [0.2, 0.25) is 0 Å². The molecule has 3 N–H and O–H groups in total. The second kappa shape index (κ2) is 5.88. The molecule has 4 nitrogen and oxygen atoms in total. The Labute approximate surface area is 125 Å². The number of primary amides is 1. The Morgan fingerprint density at radius 3 is 2.45 bits per heavy atom. The van der Waals surface area contributed by atoms with Crippen molar-refractivity contribution in [2.75, 3.05) is 5.32 Å². The molecule has 0 saturated carbocycles. The first-order valence-corrected chi connectivity index (χ1v) is 6.74. The monoisotopic (exact) mass is 332 g/mol. The van der Waals surface area contributed by atoms with E-state index in [-0.39, 0.29) is 5.91 Å². The molecular formula is C15H13BrN2O2. The number of rotatable bonds is 3. The van der Waals surface area contributed by atoms with Crippen molar-refractivity contribution in [1.82, 2.24) is 0 Å². The molecule has 0 radical (unpaired) electrons.